The fourth-order valence-electron chi connectivity index (χ4n) is 4.85. The molecule has 0 aromatic heterocycles. The SMILES string of the molecule is C=C1C=CC(=O)N1CCOCCOCCOCCOCCOCCOCCOCCOCCC(=O)N1CCC(C(C)(C)C)CC1. The van der Waals surface area contributed by atoms with Gasteiger partial charge in [0.2, 0.25) is 5.91 Å². The molecule has 0 radical (unpaired) electrons. The second-order valence-electron chi connectivity index (χ2n) is 12.0. The van der Waals surface area contributed by atoms with Gasteiger partial charge in [-0.25, -0.2) is 0 Å². The minimum absolute atomic E-state index is 0.0561. The number of rotatable bonds is 27. The average Bonchev–Trinajstić information content (AvgIpc) is 3.34. The van der Waals surface area contributed by atoms with Crippen molar-refractivity contribution in [3.05, 3.63) is 24.4 Å². The summed E-state index contributed by atoms with van der Waals surface area (Å²) >= 11 is 0. The smallest absolute Gasteiger partial charge is 0.251 e. The monoisotopic (exact) mass is 642 g/mol. The molecule has 2 aliphatic heterocycles. The normalized spacial score (nSPS) is 16.0. The Morgan fingerprint density at radius 1 is 0.667 bits per heavy atom. The lowest BCUT2D eigenvalue weighted by Gasteiger charge is -2.38. The highest BCUT2D eigenvalue weighted by atomic mass is 16.6. The zero-order valence-electron chi connectivity index (χ0n) is 28.0. The molecule has 0 atom stereocenters. The van der Waals surface area contributed by atoms with Gasteiger partial charge in [0.05, 0.1) is 112 Å². The largest absolute Gasteiger partial charge is 0.379 e. The quantitative estimate of drug-likeness (QED) is 0.124. The Morgan fingerprint density at radius 2 is 1.04 bits per heavy atom. The molecule has 45 heavy (non-hydrogen) atoms. The fraction of sp³-hybridized carbons (Fsp3) is 0.818. The Balaban J connectivity index is 1.20. The summed E-state index contributed by atoms with van der Waals surface area (Å²) in [6, 6.07) is 0. The molecule has 0 aliphatic carbocycles. The Bertz CT molecular complexity index is 822. The van der Waals surface area contributed by atoms with Crippen molar-refractivity contribution in [3.63, 3.8) is 0 Å². The first kappa shape index (κ1) is 39.3. The maximum atomic E-state index is 12.4. The summed E-state index contributed by atoms with van der Waals surface area (Å²) in [4.78, 5) is 27.5. The van der Waals surface area contributed by atoms with Crippen LogP contribution in [-0.2, 0) is 47.5 Å². The van der Waals surface area contributed by atoms with Crippen molar-refractivity contribution in [2.45, 2.75) is 40.0 Å². The minimum Gasteiger partial charge on any atom is -0.379 e. The van der Waals surface area contributed by atoms with Gasteiger partial charge in [-0.3, -0.25) is 9.59 Å². The number of hydrogen-bond acceptors (Lipinski definition) is 10. The number of piperidine rings is 1. The first-order valence-corrected chi connectivity index (χ1v) is 16.4. The Labute approximate surface area is 270 Å². The molecule has 0 unspecified atom stereocenters. The third-order valence-electron chi connectivity index (χ3n) is 7.63. The van der Waals surface area contributed by atoms with Crippen LogP contribution in [0.3, 0.4) is 0 Å². The summed E-state index contributed by atoms with van der Waals surface area (Å²) in [7, 11) is 0. The third-order valence-corrected chi connectivity index (χ3v) is 7.63. The molecule has 2 amide bonds. The van der Waals surface area contributed by atoms with Gasteiger partial charge < -0.3 is 47.7 Å². The molecule has 0 aromatic rings. The number of nitrogens with zero attached hydrogens (tertiary/aromatic N) is 2. The number of amides is 2. The van der Waals surface area contributed by atoms with Gasteiger partial charge in [-0.2, -0.15) is 0 Å². The number of ether oxygens (including phenoxy) is 8. The van der Waals surface area contributed by atoms with E-state index in [0.717, 1.165) is 25.9 Å². The van der Waals surface area contributed by atoms with Crippen molar-refractivity contribution in [1.29, 1.82) is 0 Å². The zero-order chi connectivity index (χ0) is 32.6. The molecular weight excluding hydrogens is 584 g/mol. The summed E-state index contributed by atoms with van der Waals surface area (Å²) in [6.45, 7) is 20.5. The van der Waals surface area contributed by atoms with Crippen LogP contribution in [0.25, 0.3) is 0 Å². The van der Waals surface area contributed by atoms with Gasteiger partial charge in [-0.05, 0) is 30.3 Å². The standard InChI is InChI=1S/C33H58N2O10/c1-29-5-6-32(37)35(29)12-14-39-16-18-41-20-22-43-24-26-45-28-27-44-25-23-42-21-19-40-17-15-38-13-9-31(36)34-10-7-30(8-11-34)33(2,3)4/h5-6,30H,1,7-28H2,2-4H3. The molecule has 2 heterocycles. The maximum Gasteiger partial charge on any atom is 0.251 e. The molecule has 0 bridgehead atoms. The van der Waals surface area contributed by atoms with Gasteiger partial charge in [-0.15, -0.1) is 0 Å². The first-order valence-electron chi connectivity index (χ1n) is 16.4. The Morgan fingerprint density at radius 3 is 1.40 bits per heavy atom. The van der Waals surface area contributed by atoms with Crippen LogP contribution in [0.4, 0.5) is 0 Å². The van der Waals surface area contributed by atoms with Gasteiger partial charge in [0.15, 0.2) is 0 Å². The van der Waals surface area contributed by atoms with Crippen LogP contribution in [0.1, 0.15) is 40.0 Å². The highest BCUT2D eigenvalue weighted by Crippen LogP contribution is 2.34. The number of allylic oxidation sites excluding steroid dienone is 1. The van der Waals surface area contributed by atoms with Gasteiger partial charge >= 0.3 is 0 Å². The van der Waals surface area contributed by atoms with Crippen molar-refractivity contribution in [1.82, 2.24) is 9.80 Å². The second-order valence-corrected chi connectivity index (χ2v) is 12.0. The van der Waals surface area contributed by atoms with Crippen LogP contribution in [-0.4, -0.2) is 147 Å². The van der Waals surface area contributed by atoms with Crippen molar-refractivity contribution in [2.75, 3.05) is 125 Å². The lowest BCUT2D eigenvalue weighted by atomic mass is 9.75. The molecule has 0 spiro atoms. The van der Waals surface area contributed by atoms with E-state index in [1.54, 1.807) is 11.0 Å². The summed E-state index contributed by atoms with van der Waals surface area (Å²) in [5, 5.41) is 0. The lowest BCUT2D eigenvalue weighted by Crippen LogP contribution is -2.41. The fourth-order valence-corrected chi connectivity index (χ4v) is 4.85. The molecule has 1 fully saturated rings. The van der Waals surface area contributed by atoms with E-state index in [9.17, 15) is 9.59 Å². The van der Waals surface area contributed by atoms with Gasteiger partial charge in [0.25, 0.3) is 5.91 Å². The van der Waals surface area contributed by atoms with E-state index in [1.165, 1.54) is 6.08 Å². The molecule has 0 N–H and O–H groups in total. The topological polar surface area (TPSA) is 114 Å². The predicted octanol–water partition coefficient (Wildman–Crippen LogP) is 2.71. The highest BCUT2D eigenvalue weighted by molar-refractivity contribution is 5.92. The number of carbonyl (C=O) groups excluding carboxylic acids is 2. The van der Waals surface area contributed by atoms with Crippen LogP contribution < -0.4 is 0 Å². The summed E-state index contributed by atoms with van der Waals surface area (Å²) < 4.78 is 43.9. The van der Waals surface area contributed by atoms with Crippen molar-refractivity contribution >= 4 is 11.8 Å². The zero-order valence-corrected chi connectivity index (χ0v) is 28.0. The number of likely N-dealkylation sites (tertiary alicyclic amines) is 1. The molecule has 260 valence electrons. The number of hydrogen-bond donors (Lipinski definition) is 0. The van der Waals surface area contributed by atoms with Crippen LogP contribution in [0.5, 0.6) is 0 Å². The van der Waals surface area contributed by atoms with Crippen molar-refractivity contribution in [3.8, 4) is 0 Å². The van der Waals surface area contributed by atoms with Crippen LogP contribution in [0.15, 0.2) is 24.4 Å². The van der Waals surface area contributed by atoms with Crippen LogP contribution in [0.2, 0.25) is 0 Å². The second kappa shape index (κ2) is 24.3. The van der Waals surface area contributed by atoms with Crippen LogP contribution in [0, 0.1) is 11.3 Å². The van der Waals surface area contributed by atoms with E-state index in [-0.39, 0.29) is 11.8 Å². The molecule has 12 heteroatoms. The average molecular weight is 643 g/mol. The highest BCUT2D eigenvalue weighted by Gasteiger charge is 2.30. The first-order chi connectivity index (χ1) is 21.8. The van der Waals surface area contributed by atoms with E-state index in [0.29, 0.717) is 136 Å². The van der Waals surface area contributed by atoms with Crippen molar-refractivity contribution in [2.24, 2.45) is 11.3 Å². The lowest BCUT2D eigenvalue weighted by molar-refractivity contribution is -0.134. The molecule has 1 saturated heterocycles. The summed E-state index contributed by atoms with van der Waals surface area (Å²) in [6.07, 6.45) is 5.80. The van der Waals surface area contributed by atoms with E-state index >= 15 is 0 Å². The predicted molar refractivity (Wildman–Crippen MR) is 170 cm³/mol. The molecule has 0 aromatic carbocycles. The summed E-state index contributed by atoms with van der Waals surface area (Å²) in [5.41, 5.74) is 1.01. The van der Waals surface area contributed by atoms with E-state index in [4.69, 9.17) is 37.9 Å². The van der Waals surface area contributed by atoms with E-state index in [2.05, 4.69) is 27.4 Å². The van der Waals surface area contributed by atoms with E-state index < -0.39 is 0 Å². The molecule has 2 aliphatic rings. The third kappa shape index (κ3) is 18.7. The van der Waals surface area contributed by atoms with E-state index in [1.807, 2.05) is 4.90 Å². The maximum absolute atomic E-state index is 12.4. The Hall–Kier alpha value is -1.90. The molecular formula is C33H58N2O10. The molecule has 0 saturated carbocycles. The van der Waals surface area contributed by atoms with Crippen molar-refractivity contribution < 1.29 is 47.5 Å². The molecule has 2 rings (SSSR count). The number of carbonyl (C=O) groups is 2. The van der Waals surface area contributed by atoms with Gasteiger partial charge in [-0.1, -0.05) is 27.4 Å². The molecule has 12 nitrogen and oxygen atoms in total. The van der Waals surface area contributed by atoms with Gasteiger partial charge in [0, 0.05) is 31.4 Å². The summed E-state index contributed by atoms with van der Waals surface area (Å²) in [5.74, 6) is 0.817. The van der Waals surface area contributed by atoms with Gasteiger partial charge in [0.1, 0.15) is 0 Å². The minimum atomic E-state index is -0.0561. The van der Waals surface area contributed by atoms with Crippen LogP contribution >= 0.6 is 0 Å². The Kier molecular flexibility index (Phi) is 21.2.